The van der Waals surface area contributed by atoms with Crippen molar-refractivity contribution in [3.8, 4) is 6.07 Å². The Morgan fingerprint density at radius 1 is 1.53 bits per heavy atom. The molecule has 1 unspecified atom stereocenters. The molecule has 1 aromatic rings. The number of benzene rings is 1. The van der Waals surface area contributed by atoms with Gasteiger partial charge in [0, 0.05) is 17.5 Å². The van der Waals surface area contributed by atoms with Crippen LogP contribution in [0.2, 0.25) is 0 Å². The van der Waals surface area contributed by atoms with E-state index in [-0.39, 0.29) is 5.56 Å². The minimum absolute atomic E-state index is 0.0985. The van der Waals surface area contributed by atoms with Gasteiger partial charge in [0.25, 0.3) is 0 Å². The second kappa shape index (κ2) is 4.54. The van der Waals surface area contributed by atoms with E-state index < -0.39 is 5.82 Å². The highest BCUT2D eigenvalue weighted by molar-refractivity contribution is 7.99. The average molecular weight is 222 g/mol. The number of thioether (sulfide) groups is 1. The average Bonchev–Trinajstić information content (AvgIpc) is 2.71. The second-order valence-corrected chi connectivity index (χ2v) is 4.66. The van der Waals surface area contributed by atoms with Crippen LogP contribution in [0, 0.1) is 17.1 Å². The Balaban J connectivity index is 2.09. The summed E-state index contributed by atoms with van der Waals surface area (Å²) in [5, 5.41) is 11.8. The third-order valence-electron chi connectivity index (χ3n) is 2.39. The Morgan fingerprint density at radius 2 is 2.40 bits per heavy atom. The summed E-state index contributed by atoms with van der Waals surface area (Å²) in [7, 11) is 0. The van der Waals surface area contributed by atoms with Crippen LogP contribution in [-0.4, -0.2) is 17.5 Å². The van der Waals surface area contributed by atoms with E-state index in [1.807, 2.05) is 17.8 Å². The number of anilines is 1. The largest absolute Gasteiger partial charge is 0.381 e. The Bertz CT molecular complexity index is 394. The SMILES string of the molecule is N#Cc1ccc(NC2CCSC2)cc1F. The van der Waals surface area contributed by atoms with Crippen molar-refractivity contribution in [3.05, 3.63) is 29.6 Å². The van der Waals surface area contributed by atoms with Crippen molar-refractivity contribution in [2.75, 3.05) is 16.8 Å². The van der Waals surface area contributed by atoms with E-state index in [0.717, 1.165) is 23.6 Å². The molecule has 1 saturated heterocycles. The van der Waals surface area contributed by atoms with Crippen molar-refractivity contribution in [2.24, 2.45) is 0 Å². The Hall–Kier alpha value is -1.21. The fraction of sp³-hybridized carbons (Fsp3) is 0.364. The van der Waals surface area contributed by atoms with Gasteiger partial charge in [-0.15, -0.1) is 0 Å². The lowest BCUT2D eigenvalue weighted by molar-refractivity contribution is 0.624. The van der Waals surface area contributed by atoms with Crippen LogP contribution in [0.25, 0.3) is 0 Å². The molecule has 0 aromatic heterocycles. The van der Waals surface area contributed by atoms with Gasteiger partial charge in [0.1, 0.15) is 11.9 Å². The molecule has 2 rings (SSSR count). The molecule has 1 heterocycles. The van der Waals surface area contributed by atoms with Gasteiger partial charge in [-0.05, 0) is 30.4 Å². The molecule has 0 radical (unpaired) electrons. The molecule has 0 saturated carbocycles. The predicted octanol–water partition coefficient (Wildman–Crippen LogP) is 2.61. The normalized spacial score (nSPS) is 19.9. The molecular formula is C11H11FN2S. The molecule has 1 atom stereocenters. The summed E-state index contributed by atoms with van der Waals surface area (Å²) in [5.41, 5.74) is 0.861. The minimum Gasteiger partial charge on any atom is -0.381 e. The summed E-state index contributed by atoms with van der Waals surface area (Å²) in [6.45, 7) is 0. The molecule has 1 aliphatic rings. The second-order valence-electron chi connectivity index (χ2n) is 3.51. The summed E-state index contributed by atoms with van der Waals surface area (Å²) in [6.07, 6.45) is 1.12. The summed E-state index contributed by atoms with van der Waals surface area (Å²) in [6, 6.07) is 6.90. The van der Waals surface area contributed by atoms with E-state index in [4.69, 9.17) is 5.26 Å². The predicted molar refractivity (Wildman–Crippen MR) is 60.5 cm³/mol. The molecular weight excluding hydrogens is 211 g/mol. The third kappa shape index (κ3) is 2.42. The van der Waals surface area contributed by atoms with Crippen molar-refractivity contribution in [3.63, 3.8) is 0 Å². The molecule has 0 spiro atoms. The number of nitriles is 1. The van der Waals surface area contributed by atoms with E-state index >= 15 is 0 Å². The molecule has 1 fully saturated rings. The number of nitrogens with zero attached hydrogens (tertiary/aromatic N) is 1. The Morgan fingerprint density at radius 3 is 3.00 bits per heavy atom. The van der Waals surface area contributed by atoms with Gasteiger partial charge in [-0.2, -0.15) is 17.0 Å². The maximum atomic E-state index is 13.3. The minimum atomic E-state index is -0.451. The van der Waals surface area contributed by atoms with E-state index in [9.17, 15) is 4.39 Å². The molecule has 15 heavy (non-hydrogen) atoms. The summed E-state index contributed by atoms with van der Waals surface area (Å²) in [4.78, 5) is 0. The van der Waals surface area contributed by atoms with Crippen LogP contribution in [0.5, 0.6) is 0 Å². The van der Waals surface area contributed by atoms with Gasteiger partial charge in [0.05, 0.1) is 5.56 Å². The molecule has 0 amide bonds. The molecule has 78 valence electrons. The standard InChI is InChI=1S/C11H11FN2S/c12-11-5-9(2-1-8(11)6-13)14-10-3-4-15-7-10/h1-2,5,10,14H,3-4,7H2. The maximum absolute atomic E-state index is 13.3. The zero-order chi connectivity index (χ0) is 10.7. The zero-order valence-corrected chi connectivity index (χ0v) is 8.98. The third-order valence-corrected chi connectivity index (χ3v) is 3.55. The lowest BCUT2D eigenvalue weighted by atomic mass is 10.2. The fourth-order valence-electron chi connectivity index (χ4n) is 1.58. The maximum Gasteiger partial charge on any atom is 0.143 e. The van der Waals surface area contributed by atoms with Gasteiger partial charge in [0.15, 0.2) is 0 Å². The number of hydrogen-bond donors (Lipinski definition) is 1. The molecule has 0 aliphatic carbocycles. The van der Waals surface area contributed by atoms with Crippen molar-refractivity contribution in [2.45, 2.75) is 12.5 Å². The van der Waals surface area contributed by atoms with Gasteiger partial charge in [-0.1, -0.05) is 0 Å². The number of rotatable bonds is 2. The quantitative estimate of drug-likeness (QED) is 0.835. The van der Waals surface area contributed by atoms with Crippen LogP contribution < -0.4 is 5.32 Å². The summed E-state index contributed by atoms with van der Waals surface area (Å²) >= 11 is 1.90. The lowest BCUT2D eigenvalue weighted by Gasteiger charge is -2.12. The fourth-order valence-corrected chi connectivity index (χ4v) is 2.73. The van der Waals surface area contributed by atoms with Crippen molar-refractivity contribution in [1.82, 2.24) is 0 Å². The molecule has 1 N–H and O–H groups in total. The number of nitrogens with one attached hydrogen (secondary N) is 1. The van der Waals surface area contributed by atoms with Gasteiger partial charge >= 0.3 is 0 Å². The smallest absolute Gasteiger partial charge is 0.143 e. The summed E-state index contributed by atoms with van der Waals surface area (Å²) in [5.74, 6) is 1.78. The highest BCUT2D eigenvalue weighted by atomic mass is 32.2. The van der Waals surface area contributed by atoms with Crippen molar-refractivity contribution in [1.29, 1.82) is 5.26 Å². The zero-order valence-electron chi connectivity index (χ0n) is 8.16. The Kier molecular flexibility index (Phi) is 3.12. The van der Waals surface area contributed by atoms with Crippen LogP contribution in [0.1, 0.15) is 12.0 Å². The van der Waals surface area contributed by atoms with E-state index in [0.29, 0.717) is 6.04 Å². The lowest BCUT2D eigenvalue weighted by Crippen LogP contribution is -2.18. The van der Waals surface area contributed by atoms with Crippen LogP contribution in [0.3, 0.4) is 0 Å². The van der Waals surface area contributed by atoms with Crippen molar-refractivity contribution >= 4 is 17.4 Å². The molecule has 1 aromatic carbocycles. The number of hydrogen-bond acceptors (Lipinski definition) is 3. The first-order valence-corrected chi connectivity index (χ1v) is 5.99. The van der Waals surface area contributed by atoms with Crippen LogP contribution >= 0.6 is 11.8 Å². The first-order valence-electron chi connectivity index (χ1n) is 4.83. The first kappa shape index (κ1) is 10.3. The van der Waals surface area contributed by atoms with Gasteiger partial charge in [-0.3, -0.25) is 0 Å². The topological polar surface area (TPSA) is 35.8 Å². The molecule has 0 bridgehead atoms. The van der Waals surface area contributed by atoms with Crippen molar-refractivity contribution < 1.29 is 4.39 Å². The van der Waals surface area contributed by atoms with Gasteiger partial charge in [-0.25, -0.2) is 4.39 Å². The molecule has 1 aliphatic heterocycles. The monoisotopic (exact) mass is 222 g/mol. The molecule has 4 heteroatoms. The van der Waals surface area contributed by atoms with Crippen LogP contribution in [-0.2, 0) is 0 Å². The Labute approximate surface area is 92.5 Å². The highest BCUT2D eigenvalue weighted by Gasteiger charge is 2.15. The molecule has 2 nitrogen and oxygen atoms in total. The highest BCUT2D eigenvalue weighted by Crippen LogP contribution is 2.22. The van der Waals surface area contributed by atoms with Crippen LogP contribution in [0.4, 0.5) is 10.1 Å². The van der Waals surface area contributed by atoms with E-state index in [1.165, 1.54) is 12.1 Å². The summed E-state index contributed by atoms with van der Waals surface area (Å²) < 4.78 is 13.3. The van der Waals surface area contributed by atoms with E-state index in [1.54, 1.807) is 6.07 Å². The first-order chi connectivity index (χ1) is 7.29. The van der Waals surface area contributed by atoms with Crippen LogP contribution in [0.15, 0.2) is 18.2 Å². The van der Waals surface area contributed by atoms with Gasteiger partial charge in [0.2, 0.25) is 0 Å². The van der Waals surface area contributed by atoms with E-state index in [2.05, 4.69) is 5.32 Å². The van der Waals surface area contributed by atoms with Gasteiger partial charge < -0.3 is 5.32 Å². The number of halogens is 1.